The van der Waals surface area contributed by atoms with Crippen LogP contribution in [-0.2, 0) is 0 Å². The van der Waals surface area contributed by atoms with E-state index in [1.165, 1.54) is 6.07 Å². The predicted octanol–water partition coefficient (Wildman–Crippen LogP) is 2.53. The van der Waals surface area contributed by atoms with Crippen LogP contribution in [0.5, 0.6) is 0 Å². The van der Waals surface area contributed by atoms with E-state index in [4.69, 9.17) is 17.3 Å². The highest BCUT2D eigenvalue weighted by Gasteiger charge is 2.16. The molecule has 0 saturated carbocycles. The smallest absolute Gasteiger partial charge is 0.201 e. The molecular formula is C12H16ClFN4. The predicted molar refractivity (Wildman–Crippen MR) is 72.4 cm³/mol. The fraction of sp³-hybridized carbons (Fsp3) is 0.417. The Labute approximate surface area is 110 Å². The third-order valence-electron chi connectivity index (χ3n) is 2.83. The summed E-state index contributed by atoms with van der Waals surface area (Å²) in [4.78, 5) is 6.22. The van der Waals surface area contributed by atoms with Crippen LogP contribution in [0.4, 0.5) is 10.3 Å². The molecule has 1 heterocycles. The van der Waals surface area contributed by atoms with Crippen molar-refractivity contribution >= 4 is 28.6 Å². The standard InChI is InChI=1S/C12H16ClFN4/c1-7(6-17(2)3)18-11-4-8(13)9(14)5-10(11)16-12(18)15/h4-5,7H,6H2,1-3H3,(H2,15,16). The van der Waals surface area contributed by atoms with Gasteiger partial charge in [0, 0.05) is 18.7 Å². The first-order chi connectivity index (χ1) is 8.40. The largest absolute Gasteiger partial charge is 0.369 e. The number of fused-ring (bicyclic) bond motifs is 1. The van der Waals surface area contributed by atoms with Crippen LogP contribution >= 0.6 is 11.6 Å². The lowest BCUT2D eigenvalue weighted by molar-refractivity contribution is 0.342. The highest BCUT2D eigenvalue weighted by molar-refractivity contribution is 6.31. The fourth-order valence-corrected chi connectivity index (χ4v) is 2.34. The van der Waals surface area contributed by atoms with Crippen molar-refractivity contribution in [2.24, 2.45) is 0 Å². The molecule has 1 atom stereocenters. The van der Waals surface area contributed by atoms with Crippen molar-refractivity contribution in [3.8, 4) is 0 Å². The van der Waals surface area contributed by atoms with Gasteiger partial charge in [0.15, 0.2) is 0 Å². The van der Waals surface area contributed by atoms with Crippen molar-refractivity contribution in [3.63, 3.8) is 0 Å². The van der Waals surface area contributed by atoms with Crippen LogP contribution in [-0.4, -0.2) is 35.1 Å². The van der Waals surface area contributed by atoms with Crippen LogP contribution in [0.1, 0.15) is 13.0 Å². The molecule has 2 aromatic rings. The van der Waals surface area contributed by atoms with Crippen LogP contribution in [0.15, 0.2) is 12.1 Å². The Hall–Kier alpha value is -1.33. The van der Waals surface area contributed by atoms with Crippen molar-refractivity contribution < 1.29 is 4.39 Å². The summed E-state index contributed by atoms with van der Waals surface area (Å²) in [6, 6.07) is 3.01. The second-order valence-corrected chi connectivity index (χ2v) is 5.11. The zero-order valence-electron chi connectivity index (χ0n) is 10.6. The average molecular weight is 271 g/mol. The summed E-state index contributed by atoms with van der Waals surface area (Å²) in [5.41, 5.74) is 7.18. The van der Waals surface area contributed by atoms with Gasteiger partial charge in [-0.05, 0) is 27.1 Å². The quantitative estimate of drug-likeness (QED) is 0.932. The number of likely N-dealkylation sites (N-methyl/N-ethyl adjacent to an activating group) is 1. The van der Waals surface area contributed by atoms with Gasteiger partial charge in [-0.15, -0.1) is 0 Å². The molecular weight excluding hydrogens is 255 g/mol. The molecule has 4 nitrogen and oxygen atoms in total. The van der Waals surface area contributed by atoms with E-state index in [2.05, 4.69) is 9.88 Å². The van der Waals surface area contributed by atoms with Gasteiger partial charge < -0.3 is 15.2 Å². The van der Waals surface area contributed by atoms with E-state index in [0.29, 0.717) is 11.5 Å². The maximum Gasteiger partial charge on any atom is 0.201 e. The lowest BCUT2D eigenvalue weighted by Crippen LogP contribution is -2.23. The van der Waals surface area contributed by atoms with Gasteiger partial charge in [0.25, 0.3) is 0 Å². The van der Waals surface area contributed by atoms with Gasteiger partial charge in [0.2, 0.25) is 5.95 Å². The van der Waals surface area contributed by atoms with Crippen molar-refractivity contribution in [2.75, 3.05) is 26.4 Å². The van der Waals surface area contributed by atoms with E-state index >= 15 is 0 Å². The van der Waals surface area contributed by atoms with Crippen LogP contribution in [0.25, 0.3) is 11.0 Å². The zero-order valence-corrected chi connectivity index (χ0v) is 11.4. The van der Waals surface area contributed by atoms with Gasteiger partial charge in [0.05, 0.1) is 16.1 Å². The van der Waals surface area contributed by atoms with E-state index in [-0.39, 0.29) is 11.1 Å². The number of nitrogen functional groups attached to an aromatic ring is 1. The third kappa shape index (κ3) is 2.28. The molecule has 1 aromatic heterocycles. The van der Waals surface area contributed by atoms with Gasteiger partial charge in [-0.2, -0.15) is 0 Å². The van der Waals surface area contributed by atoms with Crippen LogP contribution in [0.2, 0.25) is 5.02 Å². The zero-order chi connectivity index (χ0) is 13.4. The maximum atomic E-state index is 13.4. The fourth-order valence-electron chi connectivity index (χ4n) is 2.18. The lowest BCUT2D eigenvalue weighted by atomic mass is 10.2. The molecule has 0 fully saturated rings. The summed E-state index contributed by atoms with van der Waals surface area (Å²) >= 11 is 5.81. The Morgan fingerprint density at radius 3 is 2.78 bits per heavy atom. The molecule has 0 aliphatic rings. The number of benzene rings is 1. The van der Waals surface area contributed by atoms with E-state index in [0.717, 1.165) is 12.1 Å². The summed E-state index contributed by atoms with van der Waals surface area (Å²) in [5.74, 6) is -0.102. The number of aromatic nitrogens is 2. The second-order valence-electron chi connectivity index (χ2n) is 4.71. The second kappa shape index (κ2) is 4.74. The molecule has 2 N–H and O–H groups in total. The first kappa shape index (κ1) is 13.1. The molecule has 6 heteroatoms. The van der Waals surface area contributed by atoms with Crippen LogP contribution in [0.3, 0.4) is 0 Å². The minimum atomic E-state index is -0.478. The van der Waals surface area contributed by atoms with Crippen LogP contribution in [0, 0.1) is 5.82 Å². The van der Waals surface area contributed by atoms with Crippen molar-refractivity contribution in [3.05, 3.63) is 23.0 Å². The first-order valence-electron chi connectivity index (χ1n) is 5.67. The number of halogens is 2. The maximum absolute atomic E-state index is 13.4. The molecule has 0 spiro atoms. The molecule has 1 unspecified atom stereocenters. The molecule has 0 bridgehead atoms. The Balaban J connectivity index is 2.56. The monoisotopic (exact) mass is 270 g/mol. The highest BCUT2D eigenvalue weighted by atomic mass is 35.5. The normalized spacial score (nSPS) is 13.4. The first-order valence-corrected chi connectivity index (χ1v) is 6.05. The molecule has 98 valence electrons. The van der Waals surface area contributed by atoms with Gasteiger partial charge in [-0.3, -0.25) is 0 Å². The van der Waals surface area contributed by atoms with Crippen LogP contribution < -0.4 is 5.73 Å². The molecule has 18 heavy (non-hydrogen) atoms. The van der Waals surface area contributed by atoms with Gasteiger partial charge in [-0.1, -0.05) is 11.6 Å². The van der Waals surface area contributed by atoms with E-state index in [1.54, 1.807) is 6.07 Å². The summed E-state index contributed by atoms with van der Waals surface area (Å²) in [6.07, 6.45) is 0. The summed E-state index contributed by atoms with van der Waals surface area (Å²) in [5, 5.41) is 0.0840. The topological polar surface area (TPSA) is 47.1 Å². The van der Waals surface area contributed by atoms with E-state index < -0.39 is 5.82 Å². The van der Waals surface area contributed by atoms with Crippen molar-refractivity contribution in [1.29, 1.82) is 0 Å². The number of imidazole rings is 1. The molecule has 1 aromatic carbocycles. The Morgan fingerprint density at radius 2 is 2.17 bits per heavy atom. The summed E-state index contributed by atoms with van der Waals surface area (Å²) in [7, 11) is 3.97. The summed E-state index contributed by atoms with van der Waals surface area (Å²) < 4.78 is 15.2. The lowest BCUT2D eigenvalue weighted by Gasteiger charge is -2.20. The minimum absolute atomic E-state index is 0.0840. The Morgan fingerprint density at radius 1 is 1.50 bits per heavy atom. The summed E-state index contributed by atoms with van der Waals surface area (Å²) in [6.45, 7) is 2.85. The molecule has 0 amide bonds. The third-order valence-corrected chi connectivity index (χ3v) is 3.12. The van der Waals surface area contributed by atoms with Gasteiger partial charge >= 0.3 is 0 Å². The number of nitrogens with zero attached hydrogens (tertiary/aromatic N) is 3. The Bertz CT molecular complexity index is 579. The number of nitrogens with two attached hydrogens (primary N) is 1. The molecule has 0 aliphatic heterocycles. The van der Waals surface area contributed by atoms with Crippen molar-refractivity contribution in [1.82, 2.24) is 14.5 Å². The van der Waals surface area contributed by atoms with Gasteiger partial charge in [0.1, 0.15) is 5.82 Å². The van der Waals surface area contributed by atoms with E-state index in [1.807, 2.05) is 25.6 Å². The SMILES string of the molecule is CC(CN(C)C)n1c(N)nc2cc(F)c(Cl)cc21. The van der Waals surface area contributed by atoms with E-state index in [9.17, 15) is 4.39 Å². The molecule has 0 saturated heterocycles. The molecule has 0 aliphatic carbocycles. The number of hydrogen-bond donors (Lipinski definition) is 1. The van der Waals surface area contributed by atoms with Crippen molar-refractivity contribution in [2.45, 2.75) is 13.0 Å². The number of hydrogen-bond acceptors (Lipinski definition) is 3. The minimum Gasteiger partial charge on any atom is -0.369 e. The van der Waals surface area contributed by atoms with Gasteiger partial charge in [-0.25, -0.2) is 9.37 Å². The Kier molecular flexibility index (Phi) is 3.45. The average Bonchev–Trinajstić information content (AvgIpc) is 2.53. The molecule has 0 radical (unpaired) electrons. The highest BCUT2D eigenvalue weighted by Crippen LogP contribution is 2.27. The molecule has 2 rings (SSSR count). The number of rotatable bonds is 3. The number of anilines is 1.